The highest BCUT2D eigenvalue weighted by Gasteiger charge is 2.34. The summed E-state index contributed by atoms with van der Waals surface area (Å²) >= 11 is 0. The van der Waals surface area contributed by atoms with E-state index in [0.29, 0.717) is 39.0 Å². The van der Waals surface area contributed by atoms with Crippen LogP contribution in [0.5, 0.6) is 0 Å². The quantitative estimate of drug-likeness (QED) is 0.191. The lowest BCUT2D eigenvalue weighted by Crippen LogP contribution is -2.29. The number of hydrogen-bond donors (Lipinski definition) is 2. The van der Waals surface area contributed by atoms with Crippen LogP contribution in [0.2, 0.25) is 0 Å². The first kappa shape index (κ1) is 32.0. The predicted molar refractivity (Wildman–Crippen MR) is 168 cm³/mol. The van der Waals surface area contributed by atoms with Crippen molar-refractivity contribution in [1.82, 2.24) is 4.57 Å². The van der Waals surface area contributed by atoms with Crippen LogP contribution in [0.4, 0.5) is 11.4 Å². The van der Waals surface area contributed by atoms with Crippen LogP contribution in [0.1, 0.15) is 37.4 Å². The van der Waals surface area contributed by atoms with E-state index in [-0.39, 0.29) is 28.4 Å². The number of benzene rings is 4. The highest BCUT2D eigenvalue weighted by atomic mass is 32.2. The van der Waals surface area contributed by atoms with Crippen molar-refractivity contribution in [3.63, 3.8) is 0 Å². The number of carbonyl (C=O) groups is 2. The second-order valence-corrected chi connectivity index (χ2v) is 12.1. The first-order valence-electron chi connectivity index (χ1n) is 13.5. The summed E-state index contributed by atoms with van der Waals surface area (Å²) in [5.74, 6) is -1.11. The first-order chi connectivity index (χ1) is 21.8. The van der Waals surface area contributed by atoms with Crippen molar-refractivity contribution in [2.45, 2.75) is 18.4 Å². The van der Waals surface area contributed by atoms with Gasteiger partial charge in [0.1, 0.15) is 12.2 Å². The monoisotopic (exact) mass is 660 g/mol. The van der Waals surface area contributed by atoms with Gasteiger partial charge in [-0.25, -0.2) is 4.79 Å². The lowest BCUT2D eigenvalue weighted by atomic mass is 9.81. The van der Waals surface area contributed by atoms with Gasteiger partial charge in [0.25, 0.3) is 15.7 Å². The number of nitrogens with zero attached hydrogens (tertiary/aromatic N) is 1. The number of esters is 1. The third-order valence-electron chi connectivity index (χ3n) is 7.32. The van der Waals surface area contributed by atoms with Crippen molar-refractivity contribution in [2.24, 2.45) is 7.05 Å². The molecule has 12 nitrogen and oxygen atoms in total. The minimum absolute atomic E-state index is 0.0320. The highest BCUT2D eigenvalue weighted by Crippen LogP contribution is 2.43. The fourth-order valence-corrected chi connectivity index (χ4v) is 5.83. The molecule has 0 spiro atoms. The van der Waals surface area contributed by atoms with Crippen LogP contribution >= 0.6 is 0 Å². The van der Waals surface area contributed by atoms with Crippen molar-refractivity contribution < 1.29 is 39.9 Å². The lowest BCUT2D eigenvalue weighted by molar-refractivity contribution is 0.0470. The topological polar surface area (TPSA) is 183 Å². The Morgan fingerprint density at radius 3 is 2.17 bits per heavy atom. The Morgan fingerprint density at radius 2 is 1.54 bits per heavy atom. The summed E-state index contributed by atoms with van der Waals surface area (Å²) in [5.41, 5.74) is 3.70. The normalized spacial score (nSPS) is 11.7. The van der Waals surface area contributed by atoms with Gasteiger partial charge in [-0.05, 0) is 54.4 Å². The fraction of sp³-hybridized carbons (Fsp3) is 0.0938. The lowest BCUT2D eigenvalue weighted by Gasteiger charge is -2.25. The second kappa shape index (κ2) is 12.5. The highest BCUT2D eigenvalue weighted by molar-refractivity contribution is 7.85. The van der Waals surface area contributed by atoms with Gasteiger partial charge in [-0.1, -0.05) is 54.1 Å². The average molecular weight is 661 g/mol. The summed E-state index contributed by atoms with van der Waals surface area (Å²) in [6, 6.07) is 23.0. The van der Waals surface area contributed by atoms with Gasteiger partial charge >= 0.3 is 16.6 Å². The molecule has 1 heterocycles. The van der Waals surface area contributed by atoms with Crippen molar-refractivity contribution in [3.05, 3.63) is 123 Å². The van der Waals surface area contributed by atoms with Crippen LogP contribution in [0, 0.1) is 6.92 Å². The van der Waals surface area contributed by atoms with Crippen LogP contribution in [-0.4, -0.2) is 41.9 Å². The zero-order chi connectivity index (χ0) is 33.3. The number of pyridine rings is 1. The molecule has 6 rings (SSSR count). The molecular formula is C32H24N2O10S2. The molecule has 2 N–H and O–H groups in total. The van der Waals surface area contributed by atoms with Crippen molar-refractivity contribution in [1.29, 1.82) is 0 Å². The Kier molecular flexibility index (Phi) is 8.70. The van der Waals surface area contributed by atoms with E-state index in [1.165, 1.54) is 35.9 Å². The molecule has 14 heteroatoms. The minimum atomic E-state index is -4.38. The molecule has 0 unspecified atom stereocenters. The van der Waals surface area contributed by atoms with E-state index in [1.807, 2.05) is 31.2 Å². The standard InChI is InChI=1S/C32H24N2O7S.O3S/c1-18-6-5-7-19(16-18)17-41-32(37)29-26-22-8-3-4-9-23(22)30(35)27-24(14-15-25(28(26)27)34(2)31(29)36)33-20-10-12-21(13-11-20)42(38,39)40;1-4(2)3/h3-16,33H,17H2,1-2H3,(H,38,39,40);. The maximum atomic E-state index is 14.0. The van der Waals surface area contributed by atoms with Gasteiger partial charge in [0.05, 0.1) is 21.7 Å². The van der Waals surface area contributed by atoms with Gasteiger partial charge < -0.3 is 14.6 Å². The molecule has 5 aromatic rings. The Balaban J connectivity index is 0.000000985. The number of anilines is 2. The predicted octanol–water partition coefficient (Wildman–Crippen LogP) is 4.40. The van der Waals surface area contributed by atoms with Crippen molar-refractivity contribution >= 4 is 54.8 Å². The Morgan fingerprint density at radius 1 is 0.891 bits per heavy atom. The molecule has 46 heavy (non-hydrogen) atoms. The molecule has 4 aromatic carbocycles. The number of hydrogen-bond acceptors (Lipinski definition) is 10. The van der Waals surface area contributed by atoms with E-state index in [2.05, 4.69) is 5.32 Å². The van der Waals surface area contributed by atoms with Gasteiger partial charge in [-0.3, -0.25) is 14.1 Å². The number of rotatable bonds is 6. The molecule has 0 atom stereocenters. The molecule has 0 radical (unpaired) electrons. The van der Waals surface area contributed by atoms with Gasteiger partial charge in [0.15, 0.2) is 5.78 Å². The molecular weight excluding hydrogens is 636 g/mol. The molecule has 0 amide bonds. The van der Waals surface area contributed by atoms with Gasteiger partial charge in [-0.15, -0.1) is 12.6 Å². The van der Waals surface area contributed by atoms with Crippen LogP contribution in [0.25, 0.3) is 22.0 Å². The number of ketones is 1. The second-order valence-electron chi connectivity index (χ2n) is 10.3. The molecule has 0 saturated heterocycles. The fourth-order valence-electron chi connectivity index (χ4n) is 5.35. The minimum Gasteiger partial charge on any atom is -0.457 e. The number of fused-ring (bicyclic) bond motifs is 2. The zero-order valence-electron chi connectivity index (χ0n) is 24.2. The number of carbonyl (C=O) groups excluding carboxylic acids is 2. The Hall–Kier alpha value is -5.44. The molecule has 1 aromatic heterocycles. The third-order valence-corrected chi connectivity index (χ3v) is 8.19. The molecule has 1 aliphatic rings. The van der Waals surface area contributed by atoms with E-state index in [4.69, 9.17) is 17.4 Å². The molecule has 0 bridgehead atoms. The van der Waals surface area contributed by atoms with Gasteiger partial charge in [0.2, 0.25) is 0 Å². The smallest absolute Gasteiger partial charge is 0.425 e. The first-order valence-corrected chi connectivity index (χ1v) is 15.9. The zero-order valence-corrected chi connectivity index (χ0v) is 25.8. The van der Waals surface area contributed by atoms with Gasteiger partial charge in [0, 0.05) is 29.2 Å². The van der Waals surface area contributed by atoms with E-state index >= 15 is 0 Å². The van der Waals surface area contributed by atoms with E-state index in [0.717, 1.165) is 11.1 Å². The van der Waals surface area contributed by atoms with Crippen molar-refractivity contribution in [3.8, 4) is 11.1 Å². The summed E-state index contributed by atoms with van der Waals surface area (Å²) < 4.78 is 64.6. The average Bonchev–Trinajstić information content (AvgIpc) is 3.00. The summed E-state index contributed by atoms with van der Waals surface area (Å²) in [6.07, 6.45) is 0. The van der Waals surface area contributed by atoms with Crippen LogP contribution < -0.4 is 10.9 Å². The molecule has 0 aliphatic heterocycles. The van der Waals surface area contributed by atoms with E-state index in [9.17, 15) is 27.4 Å². The number of ether oxygens (including phenoxy) is 1. The summed E-state index contributed by atoms with van der Waals surface area (Å²) in [6.45, 7) is 1.90. The summed E-state index contributed by atoms with van der Waals surface area (Å²) in [4.78, 5) is 41.0. The number of aryl methyl sites for hydroxylation is 2. The third kappa shape index (κ3) is 6.21. The molecule has 0 saturated carbocycles. The number of nitrogens with one attached hydrogen (secondary N) is 1. The van der Waals surface area contributed by atoms with E-state index < -0.39 is 32.3 Å². The SMILES string of the molecule is Cc1cccc(COC(=O)c2c3c4c(c(Nc5ccc(S(=O)(=O)O)cc5)ccc4n(C)c2=O)C(=O)c2ccccc2-3)c1.O=S(=O)=O. The van der Waals surface area contributed by atoms with Crippen molar-refractivity contribution in [2.75, 3.05) is 5.32 Å². The summed E-state index contributed by atoms with van der Waals surface area (Å²) in [5, 5.41) is 3.57. The maximum Gasteiger partial charge on any atom is 0.425 e. The number of aromatic nitrogens is 1. The Bertz CT molecular complexity index is 2340. The van der Waals surface area contributed by atoms with Crippen LogP contribution in [-0.2, 0) is 39.1 Å². The van der Waals surface area contributed by atoms with Gasteiger partial charge in [-0.2, -0.15) is 8.42 Å². The van der Waals surface area contributed by atoms with Crippen LogP contribution in [0.3, 0.4) is 0 Å². The Labute approximate surface area is 263 Å². The van der Waals surface area contributed by atoms with Crippen LogP contribution in [0.15, 0.2) is 94.6 Å². The maximum absolute atomic E-state index is 14.0. The van der Waals surface area contributed by atoms with E-state index in [1.54, 1.807) is 36.4 Å². The molecule has 234 valence electrons. The molecule has 0 fully saturated rings. The largest absolute Gasteiger partial charge is 0.457 e. The summed E-state index contributed by atoms with van der Waals surface area (Å²) in [7, 11) is -5.95. The molecule has 1 aliphatic carbocycles.